The van der Waals surface area contributed by atoms with E-state index in [0.29, 0.717) is 17.7 Å². The number of carbonyl (C=O) groups excluding carboxylic acids is 2. The van der Waals surface area contributed by atoms with Crippen molar-refractivity contribution in [2.45, 2.75) is 25.7 Å². The van der Waals surface area contributed by atoms with E-state index in [1.54, 1.807) is 6.20 Å². The summed E-state index contributed by atoms with van der Waals surface area (Å²) in [5.74, 6) is -0.145. The van der Waals surface area contributed by atoms with Crippen molar-refractivity contribution >= 4 is 45.7 Å². The summed E-state index contributed by atoms with van der Waals surface area (Å²) in [4.78, 5) is 31.9. The maximum Gasteiger partial charge on any atom is 0.256 e. The lowest BCUT2D eigenvalue weighted by atomic mass is 10.0. The molecule has 2 amide bonds. The van der Waals surface area contributed by atoms with Crippen LogP contribution in [0.25, 0.3) is 22.6 Å². The molecule has 6 heteroatoms. The Kier molecular flexibility index (Phi) is 5.69. The fraction of sp³-hybridized carbons (Fsp3) is 0.269. The molecule has 1 saturated heterocycles. The highest BCUT2D eigenvalue weighted by Gasteiger charge is 2.25. The number of aromatic nitrogens is 1. The van der Waals surface area contributed by atoms with Gasteiger partial charge in [-0.05, 0) is 67.9 Å². The third-order valence-electron chi connectivity index (χ3n) is 6.17. The second-order valence-corrected chi connectivity index (χ2v) is 8.39. The number of piperidine rings is 1. The van der Waals surface area contributed by atoms with Crippen LogP contribution in [0.1, 0.15) is 36.8 Å². The number of anilines is 2. The van der Waals surface area contributed by atoms with Crippen LogP contribution in [0.5, 0.6) is 0 Å². The highest BCUT2D eigenvalue weighted by molar-refractivity contribution is 6.35. The van der Waals surface area contributed by atoms with Crippen LogP contribution >= 0.6 is 0 Å². The third kappa shape index (κ3) is 4.27. The zero-order valence-corrected chi connectivity index (χ0v) is 17.9. The molecule has 2 aliphatic rings. The van der Waals surface area contributed by atoms with Gasteiger partial charge in [-0.25, -0.2) is 0 Å². The number of hydrogen-bond donors (Lipinski definition) is 2. The highest BCUT2D eigenvalue weighted by Crippen LogP contribution is 2.36. The molecule has 1 aromatic heterocycles. The molecule has 0 saturated carbocycles. The van der Waals surface area contributed by atoms with Crippen molar-refractivity contribution in [3.8, 4) is 0 Å². The number of rotatable bonds is 5. The predicted octanol–water partition coefficient (Wildman–Crippen LogP) is 4.54. The van der Waals surface area contributed by atoms with Gasteiger partial charge < -0.3 is 15.5 Å². The van der Waals surface area contributed by atoms with E-state index in [1.807, 2.05) is 54.6 Å². The molecule has 2 aliphatic heterocycles. The van der Waals surface area contributed by atoms with Gasteiger partial charge in [0.05, 0.1) is 5.52 Å². The van der Waals surface area contributed by atoms with Crippen LogP contribution in [0.3, 0.4) is 0 Å². The van der Waals surface area contributed by atoms with Crippen LogP contribution < -0.4 is 10.6 Å². The lowest BCUT2D eigenvalue weighted by Gasteiger charge is -2.25. The Bertz CT molecular complexity index is 1210. The summed E-state index contributed by atoms with van der Waals surface area (Å²) in [5.41, 5.74) is 4.66. The van der Waals surface area contributed by atoms with Crippen molar-refractivity contribution in [3.05, 3.63) is 65.9 Å². The smallest absolute Gasteiger partial charge is 0.256 e. The van der Waals surface area contributed by atoms with Crippen LogP contribution in [-0.2, 0) is 9.59 Å². The number of nitrogens with zero attached hydrogens (tertiary/aromatic N) is 2. The number of amides is 2. The molecule has 0 spiro atoms. The molecule has 0 aliphatic carbocycles. The van der Waals surface area contributed by atoms with Gasteiger partial charge in [-0.2, -0.15) is 0 Å². The lowest BCUT2D eigenvalue weighted by molar-refractivity contribution is -0.116. The SMILES string of the molecule is O=C(CCN1CCCCC1)Nc1ccc2c(c1)C(=Cc1ccnc3ccccc13)C(=O)N2. The zero-order chi connectivity index (χ0) is 21.9. The number of nitrogens with one attached hydrogen (secondary N) is 2. The van der Waals surface area contributed by atoms with Gasteiger partial charge in [0, 0.05) is 47.1 Å². The van der Waals surface area contributed by atoms with E-state index in [0.717, 1.165) is 47.4 Å². The van der Waals surface area contributed by atoms with Crippen LogP contribution in [0.15, 0.2) is 54.7 Å². The minimum Gasteiger partial charge on any atom is -0.326 e. The first-order valence-electron chi connectivity index (χ1n) is 11.2. The summed E-state index contributed by atoms with van der Waals surface area (Å²) in [6.07, 6.45) is 7.84. The molecule has 1 fully saturated rings. The second-order valence-electron chi connectivity index (χ2n) is 8.39. The summed E-state index contributed by atoms with van der Waals surface area (Å²) in [6, 6.07) is 15.3. The lowest BCUT2D eigenvalue weighted by Crippen LogP contribution is -2.32. The predicted molar refractivity (Wildman–Crippen MR) is 128 cm³/mol. The van der Waals surface area contributed by atoms with Crippen molar-refractivity contribution in [1.82, 2.24) is 9.88 Å². The van der Waals surface area contributed by atoms with Crippen molar-refractivity contribution in [2.24, 2.45) is 0 Å². The summed E-state index contributed by atoms with van der Waals surface area (Å²) < 4.78 is 0. The standard InChI is InChI=1S/C26H26N4O2/c31-25(11-15-30-13-4-1-5-14-30)28-19-8-9-24-21(17-19)22(26(32)29-24)16-18-10-12-27-23-7-3-2-6-20(18)23/h2-3,6-10,12,16-17H,1,4-5,11,13-15H2,(H,28,31)(H,29,32). The maximum atomic E-state index is 12.7. The topological polar surface area (TPSA) is 74.3 Å². The van der Waals surface area contributed by atoms with Gasteiger partial charge >= 0.3 is 0 Å². The van der Waals surface area contributed by atoms with E-state index >= 15 is 0 Å². The number of likely N-dealkylation sites (tertiary alicyclic amines) is 1. The second kappa shape index (κ2) is 8.93. The molecule has 0 bridgehead atoms. The van der Waals surface area contributed by atoms with Gasteiger partial charge in [-0.15, -0.1) is 0 Å². The van der Waals surface area contributed by atoms with Gasteiger partial charge in [0.2, 0.25) is 5.91 Å². The van der Waals surface area contributed by atoms with Crippen LogP contribution in [0.4, 0.5) is 11.4 Å². The minimum atomic E-state index is -0.144. The van der Waals surface area contributed by atoms with Crippen molar-refractivity contribution < 1.29 is 9.59 Å². The number of fused-ring (bicyclic) bond motifs is 2. The van der Waals surface area contributed by atoms with Crippen molar-refractivity contribution in [1.29, 1.82) is 0 Å². The molecule has 0 unspecified atom stereocenters. The fourth-order valence-corrected chi connectivity index (χ4v) is 4.47. The number of hydrogen-bond acceptors (Lipinski definition) is 4. The van der Waals surface area contributed by atoms with E-state index in [-0.39, 0.29) is 11.8 Å². The molecular weight excluding hydrogens is 400 g/mol. The molecule has 2 N–H and O–H groups in total. The molecular formula is C26H26N4O2. The molecule has 2 aromatic carbocycles. The van der Waals surface area contributed by atoms with Crippen LogP contribution in [-0.4, -0.2) is 41.3 Å². The summed E-state index contributed by atoms with van der Waals surface area (Å²) in [6.45, 7) is 2.95. The third-order valence-corrected chi connectivity index (χ3v) is 6.17. The van der Waals surface area contributed by atoms with Crippen molar-refractivity contribution in [2.75, 3.05) is 30.3 Å². The van der Waals surface area contributed by atoms with E-state index in [9.17, 15) is 9.59 Å². The first-order valence-corrected chi connectivity index (χ1v) is 11.2. The summed E-state index contributed by atoms with van der Waals surface area (Å²) in [7, 11) is 0. The largest absolute Gasteiger partial charge is 0.326 e. The van der Waals surface area contributed by atoms with Crippen LogP contribution in [0, 0.1) is 0 Å². The fourth-order valence-electron chi connectivity index (χ4n) is 4.47. The minimum absolute atomic E-state index is 0.00142. The van der Waals surface area contributed by atoms with Gasteiger partial charge in [0.1, 0.15) is 0 Å². The molecule has 3 heterocycles. The quantitative estimate of drug-likeness (QED) is 0.588. The summed E-state index contributed by atoms with van der Waals surface area (Å²) >= 11 is 0. The van der Waals surface area contributed by atoms with Gasteiger partial charge in [-0.1, -0.05) is 24.6 Å². The Hall–Kier alpha value is -3.51. The molecule has 0 radical (unpaired) electrons. The Morgan fingerprint density at radius 2 is 1.94 bits per heavy atom. The van der Waals surface area contributed by atoms with E-state index in [1.165, 1.54) is 19.3 Å². The van der Waals surface area contributed by atoms with Gasteiger partial charge in [0.25, 0.3) is 5.91 Å². The van der Waals surface area contributed by atoms with E-state index in [2.05, 4.69) is 20.5 Å². The summed E-state index contributed by atoms with van der Waals surface area (Å²) in [5, 5.41) is 6.91. The molecule has 5 rings (SSSR count). The average molecular weight is 427 g/mol. The molecule has 3 aromatic rings. The van der Waals surface area contributed by atoms with E-state index in [4.69, 9.17) is 0 Å². The Morgan fingerprint density at radius 3 is 2.81 bits per heavy atom. The monoisotopic (exact) mass is 426 g/mol. The Labute approximate surface area is 187 Å². The number of carbonyl (C=O) groups is 2. The maximum absolute atomic E-state index is 12.7. The van der Waals surface area contributed by atoms with E-state index < -0.39 is 0 Å². The number of benzene rings is 2. The van der Waals surface area contributed by atoms with Gasteiger partial charge in [-0.3, -0.25) is 14.6 Å². The molecule has 162 valence electrons. The normalized spacial score (nSPS) is 17.4. The Morgan fingerprint density at radius 1 is 1.09 bits per heavy atom. The number of para-hydroxylation sites is 1. The first-order chi connectivity index (χ1) is 15.7. The molecule has 32 heavy (non-hydrogen) atoms. The highest BCUT2D eigenvalue weighted by atomic mass is 16.2. The Balaban J connectivity index is 1.36. The zero-order valence-electron chi connectivity index (χ0n) is 17.9. The first kappa shape index (κ1) is 20.4. The molecule has 6 nitrogen and oxygen atoms in total. The molecule has 0 atom stereocenters. The van der Waals surface area contributed by atoms with Gasteiger partial charge in [0.15, 0.2) is 0 Å². The van der Waals surface area contributed by atoms with Crippen LogP contribution in [0.2, 0.25) is 0 Å². The van der Waals surface area contributed by atoms with Crippen molar-refractivity contribution in [3.63, 3.8) is 0 Å². The average Bonchev–Trinajstić information content (AvgIpc) is 3.13. The number of pyridine rings is 1.